The van der Waals surface area contributed by atoms with Crippen LogP contribution in [0, 0.1) is 0 Å². The smallest absolute Gasteiger partial charge is 0.337 e. The second-order valence-electron chi connectivity index (χ2n) is 6.52. The Hall–Kier alpha value is -2.86. The van der Waals surface area contributed by atoms with Crippen molar-refractivity contribution in [1.29, 1.82) is 0 Å². The number of hydrogen-bond acceptors (Lipinski definition) is 5. The van der Waals surface area contributed by atoms with Gasteiger partial charge in [0.25, 0.3) is 0 Å². The Morgan fingerprint density at radius 3 is 2.30 bits per heavy atom. The lowest BCUT2D eigenvalue weighted by Crippen LogP contribution is -2.55. The molecule has 2 aromatic carbocycles. The highest BCUT2D eigenvalue weighted by atomic mass is 16.5. The van der Waals surface area contributed by atoms with Gasteiger partial charge in [-0.2, -0.15) is 0 Å². The topological polar surface area (TPSA) is 59.1 Å². The molecule has 6 nitrogen and oxygen atoms in total. The number of carbonyl (C=O) groups is 2. The van der Waals surface area contributed by atoms with Crippen molar-refractivity contribution < 1.29 is 19.1 Å². The largest absolute Gasteiger partial charge is 0.497 e. The Balaban J connectivity index is 1.66. The number of rotatable bonds is 5. The lowest BCUT2D eigenvalue weighted by Gasteiger charge is -2.39. The zero-order chi connectivity index (χ0) is 19.4. The molecule has 1 fully saturated rings. The van der Waals surface area contributed by atoms with Gasteiger partial charge in [-0.25, -0.2) is 4.79 Å². The first-order chi connectivity index (χ1) is 13.0. The van der Waals surface area contributed by atoms with Crippen LogP contribution in [0.25, 0.3) is 0 Å². The minimum absolute atomic E-state index is 0.0811. The molecule has 1 aliphatic heterocycles. The van der Waals surface area contributed by atoms with Crippen LogP contribution in [0.15, 0.2) is 48.5 Å². The van der Waals surface area contributed by atoms with Crippen LogP contribution in [0.2, 0.25) is 0 Å². The van der Waals surface area contributed by atoms with E-state index in [1.165, 1.54) is 7.11 Å². The van der Waals surface area contributed by atoms with Crippen LogP contribution in [0.5, 0.6) is 5.75 Å². The number of carbonyl (C=O) groups excluding carboxylic acids is 2. The van der Waals surface area contributed by atoms with E-state index in [2.05, 4.69) is 4.90 Å². The Morgan fingerprint density at radius 1 is 1.04 bits per heavy atom. The number of esters is 1. The molecule has 0 spiro atoms. The van der Waals surface area contributed by atoms with Crippen LogP contribution in [-0.4, -0.2) is 50.1 Å². The molecule has 142 valence electrons. The maximum absolute atomic E-state index is 12.9. The Kier molecular flexibility index (Phi) is 5.76. The highest BCUT2D eigenvalue weighted by Gasteiger charge is 2.32. The average Bonchev–Trinajstić information content (AvgIpc) is 2.71. The van der Waals surface area contributed by atoms with Crippen LogP contribution in [-0.2, 0) is 16.1 Å². The van der Waals surface area contributed by atoms with Crippen molar-refractivity contribution in [2.75, 3.05) is 32.2 Å². The first-order valence-corrected chi connectivity index (χ1v) is 8.90. The molecule has 1 heterocycles. The summed E-state index contributed by atoms with van der Waals surface area (Å²) in [5.74, 6) is 0.504. The molecular weight excluding hydrogens is 344 g/mol. The molecule has 6 heteroatoms. The first-order valence-electron chi connectivity index (χ1n) is 8.90. The fraction of sp³-hybridized carbons (Fsp3) is 0.333. The summed E-state index contributed by atoms with van der Waals surface area (Å²) in [5.41, 5.74) is 2.46. The van der Waals surface area contributed by atoms with Crippen LogP contribution >= 0.6 is 0 Å². The Bertz CT molecular complexity index is 802. The van der Waals surface area contributed by atoms with Gasteiger partial charge in [0.1, 0.15) is 5.75 Å². The third-order valence-electron chi connectivity index (χ3n) is 4.93. The lowest BCUT2D eigenvalue weighted by molar-refractivity contribution is -0.125. The van der Waals surface area contributed by atoms with Gasteiger partial charge in [0.15, 0.2) is 0 Å². The number of anilines is 1. The van der Waals surface area contributed by atoms with Gasteiger partial charge in [-0.3, -0.25) is 9.69 Å². The van der Waals surface area contributed by atoms with Gasteiger partial charge >= 0.3 is 5.97 Å². The summed E-state index contributed by atoms with van der Waals surface area (Å²) >= 11 is 0. The van der Waals surface area contributed by atoms with Crippen LogP contribution in [0.3, 0.4) is 0 Å². The van der Waals surface area contributed by atoms with E-state index in [9.17, 15) is 9.59 Å². The van der Waals surface area contributed by atoms with E-state index in [1.807, 2.05) is 48.2 Å². The summed E-state index contributed by atoms with van der Waals surface area (Å²) in [6.45, 7) is 4.00. The minimum atomic E-state index is -0.349. The molecule has 0 saturated carbocycles. The third kappa shape index (κ3) is 4.11. The second-order valence-corrected chi connectivity index (χ2v) is 6.52. The quantitative estimate of drug-likeness (QED) is 0.760. The molecule has 0 aromatic heterocycles. The highest BCUT2D eigenvalue weighted by molar-refractivity contribution is 5.97. The van der Waals surface area contributed by atoms with Crippen molar-refractivity contribution in [1.82, 2.24) is 4.90 Å². The molecule has 27 heavy (non-hydrogen) atoms. The average molecular weight is 368 g/mol. The summed E-state index contributed by atoms with van der Waals surface area (Å²) in [5, 5.41) is 0. The number of benzene rings is 2. The van der Waals surface area contributed by atoms with Gasteiger partial charge < -0.3 is 14.4 Å². The molecule has 3 rings (SSSR count). The van der Waals surface area contributed by atoms with Crippen molar-refractivity contribution in [2.24, 2.45) is 0 Å². The number of nitrogens with zero attached hydrogens (tertiary/aromatic N) is 2. The van der Waals surface area contributed by atoms with E-state index in [4.69, 9.17) is 9.47 Å². The van der Waals surface area contributed by atoms with E-state index in [0.29, 0.717) is 18.7 Å². The van der Waals surface area contributed by atoms with Gasteiger partial charge in [0.2, 0.25) is 5.91 Å². The van der Waals surface area contributed by atoms with E-state index in [0.717, 1.165) is 23.5 Å². The third-order valence-corrected chi connectivity index (χ3v) is 4.93. The van der Waals surface area contributed by atoms with E-state index >= 15 is 0 Å². The maximum atomic E-state index is 12.9. The van der Waals surface area contributed by atoms with Crippen molar-refractivity contribution >= 4 is 17.6 Å². The first kappa shape index (κ1) is 18.9. The number of methoxy groups -OCH3 is 2. The predicted molar refractivity (Wildman–Crippen MR) is 103 cm³/mol. The van der Waals surface area contributed by atoms with Crippen LogP contribution < -0.4 is 9.64 Å². The number of piperazine rings is 1. The van der Waals surface area contributed by atoms with E-state index < -0.39 is 0 Å². The molecule has 0 N–H and O–H groups in total. The normalized spacial score (nSPS) is 17.7. The van der Waals surface area contributed by atoms with E-state index in [1.54, 1.807) is 19.2 Å². The fourth-order valence-corrected chi connectivity index (χ4v) is 3.25. The van der Waals surface area contributed by atoms with Crippen molar-refractivity contribution in [3.05, 3.63) is 59.7 Å². The summed E-state index contributed by atoms with van der Waals surface area (Å²) in [6.07, 6.45) is 0. The predicted octanol–water partition coefficient (Wildman–Crippen LogP) is 2.72. The SMILES string of the molecule is COC(=O)c1ccc(CN2CCN(c3ccc(OC)cc3)C(=O)[C@@H]2C)cc1. The summed E-state index contributed by atoms with van der Waals surface area (Å²) in [6, 6.07) is 14.6. The van der Waals surface area contributed by atoms with Gasteiger partial charge in [-0.15, -0.1) is 0 Å². The highest BCUT2D eigenvalue weighted by Crippen LogP contribution is 2.24. The van der Waals surface area contributed by atoms with Crippen molar-refractivity contribution in [3.63, 3.8) is 0 Å². The number of ether oxygens (including phenoxy) is 2. The van der Waals surface area contributed by atoms with Gasteiger partial charge in [0.05, 0.1) is 25.8 Å². The molecule has 0 radical (unpaired) electrons. The van der Waals surface area contributed by atoms with Gasteiger partial charge in [-0.05, 0) is 48.9 Å². The van der Waals surface area contributed by atoms with Gasteiger partial charge in [0, 0.05) is 25.3 Å². The minimum Gasteiger partial charge on any atom is -0.497 e. The number of amides is 1. The molecule has 1 aliphatic rings. The zero-order valence-electron chi connectivity index (χ0n) is 15.8. The molecule has 1 amide bonds. The fourth-order valence-electron chi connectivity index (χ4n) is 3.25. The molecule has 0 bridgehead atoms. The molecule has 1 saturated heterocycles. The standard InChI is InChI=1S/C21H24N2O4/c1-15-20(24)23(18-8-10-19(26-2)11-9-18)13-12-22(15)14-16-4-6-17(7-5-16)21(25)27-3/h4-11,15H,12-14H2,1-3H3/t15-/m0/s1. The van der Waals surface area contributed by atoms with Crippen molar-refractivity contribution in [2.45, 2.75) is 19.5 Å². The zero-order valence-corrected chi connectivity index (χ0v) is 15.8. The van der Waals surface area contributed by atoms with E-state index in [-0.39, 0.29) is 17.9 Å². The molecule has 1 atom stereocenters. The van der Waals surface area contributed by atoms with Crippen molar-refractivity contribution in [3.8, 4) is 5.75 Å². The van der Waals surface area contributed by atoms with Gasteiger partial charge in [-0.1, -0.05) is 12.1 Å². The summed E-state index contributed by atoms with van der Waals surface area (Å²) in [4.78, 5) is 28.4. The molecular formula is C21H24N2O4. The Labute approximate surface area is 159 Å². The lowest BCUT2D eigenvalue weighted by atomic mass is 10.1. The summed E-state index contributed by atoms with van der Waals surface area (Å²) < 4.78 is 9.90. The Morgan fingerprint density at radius 2 is 1.70 bits per heavy atom. The second kappa shape index (κ2) is 8.22. The molecule has 2 aromatic rings. The van der Waals surface area contributed by atoms with Crippen LogP contribution in [0.4, 0.5) is 5.69 Å². The molecule has 0 aliphatic carbocycles. The number of hydrogen-bond donors (Lipinski definition) is 0. The molecule has 0 unspecified atom stereocenters. The maximum Gasteiger partial charge on any atom is 0.337 e. The monoisotopic (exact) mass is 368 g/mol. The summed E-state index contributed by atoms with van der Waals surface area (Å²) in [7, 11) is 2.99. The van der Waals surface area contributed by atoms with Crippen LogP contribution in [0.1, 0.15) is 22.8 Å².